The van der Waals surface area contributed by atoms with Gasteiger partial charge in [0.2, 0.25) is 5.91 Å². The number of halogens is 2. The van der Waals surface area contributed by atoms with Gasteiger partial charge in [0.05, 0.1) is 17.8 Å². The number of amides is 2. The Morgan fingerprint density at radius 1 is 1.15 bits per heavy atom. The first-order chi connectivity index (χ1) is 12.9. The molecular weight excluding hydrogens is 352 g/mol. The Labute approximate surface area is 156 Å². The molecule has 0 unspecified atom stereocenters. The van der Waals surface area contributed by atoms with Crippen LogP contribution < -0.4 is 16.0 Å². The van der Waals surface area contributed by atoms with E-state index in [1.165, 1.54) is 12.1 Å². The number of nitrogens with one attached hydrogen (secondary N) is 3. The maximum atomic E-state index is 13.8. The van der Waals surface area contributed by atoms with Crippen LogP contribution in [0.25, 0.3) is 0 Å². The molecule has 1 fully saturated rings. The Hall–Kier alpha value is -2.80. The molecule has 1 aliphatic carbocycles. The monoisotopic (exact) mass is 373 g/mol. The molecular formula is C20H21F2N3O2. The van der Waals surface area contributed by atoms with Gasteiger partial charge in [0.15, 0.2) is 0 Å². The lowest BCUT2D eigenvalue weighted by Gasteiger charge is -2.16. The van der Waals surface area contributed by atoms with E-state index < -0.39 is 17.7 Å². The summed E-state index contributed by atoms with van der Waals surface area (Å²) in [7, 11) is 0. The number of hydrogen-bond acceptors (Lipinski definition) is 3. The molecule has 1 aliphatic rings. The van der Waals surface area contributed by atoms with Crippen LogP contribution in [0.15, 0.2) is 42.5 Å². The van der Waals surface area contributed by atoms with Crippen LogP contribution >= 0.6 is 0 Å². The SMILES string of the molecule is C[C@H](NCC(=O)Nc1ccccc1C(=O)NC1CC1)c1ccc(F)cc1F. The van der Waals surface area contributed by atoms with E-state index in [0.717, 1.165) is 18.9 Å². The third kappa shape index (κ3) is 5.10. The van der Waals surface area contributed by atoms with Crippen molar-refractivity contribution in [3.8, 4) is 0 Å². The second-order valence-electron chi connectivity index (χ2n) is 6.61. The highest BCUT2D eigenvalue weighted by Gasteiger charge is 2.25. The molecule has 0 aromatic heterocycles. The van der Waals surface area contributed by atoms with E-state index >= 15 is 0 Å². The standard InChI is InChI=1S/C20H21F2N3O2/c1-12(15-9-6-13(21)10-17(15)22)23-11-19(26)25-18-5-3-2-4-16(18)20(27)24-14-7-8-14/h2-6,9-10,12,14,23H,7-8,11H2,1H3,(H,24,27)(H,25,26)/t12-/m0/s1. The van der Waals surface area contributed by atoms with E-state index in [4.69, 9.17) is 0 Å². The summed E-state index contributed by atoms with van der Waals surface area (Å²) in [6.45, 7) is 1.59. The van der Waals surface area contributed by atoms with Crippen molar-refractivity contribution in [2.24, 2.45) is 0 Å². The van der Waals surface area contributed by atoms with Crippen LogP contribution in [-0.2, 0) is 4.79 Å². The lowest BCUT2D eigenvalue weighted by atomic mass is 10.1. The average Bonchev–Trinajstić information content (AvgIpc) is 3.44. The summed E-state index contributed by atoms with van der Waals surface area (Å²) in [4.78, 5) is 24.5. The predicted octanol–water partition coefficient (Wildman–Crippen LogP) is 3.15. The zero-order chi connectivity index (χ0) is 19.4. The van der Waals surface area contributed by atoms with Gasteiger partial charge >= 0.3 is 0 Å². The third-order valence-corrected chi connectivity index (χ3v) is 4.36. The number of benzene rings is 2. The summed E-state index contributed by atoms with van der Waals surface area (Å²) in [5, 5.41) is 8.48. The molecule has 0 aliphatic heterocycles. The fraction of sp³-hybridized carbons (Fsp3) is 0.300. The first kappa shape index (κ1) is 19.0. The molecule has 27 heavy (non-hydrogen) atoms. The number of anilines is 1. The number of carbonyl (C=O) groups excluding carboxylic acids is 2. The largest absolute Gasteiger partial charge is 0.349 e. The molecule has 2 amide bonds. The molecule has 5 nitrogen and oxygen atoms in total. The molecule has 1 atom stereocenters. The number of carbonyl (C=O) groups is 2. The van der Waals surface area contributed by atoms with Crippen molar-refractivity contribution in [1.82, 2.24) is 10.6 Å². The molecule has 0 bridgehead atoms. The maximum Gasteiger partial charge on any atom is 0.253 e. The lowest BCUT2D eigenvalue weighted by molar-refractivity contribution is -0.115. The molecule has 1 saturated carbocycles. The van der Waals surface area contributed by atoms with E-state index in [9.17, 15) is 18.4 Å². The van der Waals surface area contributed by atoms with Crippen LogP contribution in [0.3, 0.4) is 0 Å². The van der Waals surface area contributed by atoms with E-state index in [1.54, 1.807) is 31.2 Å². The van der Waals surface area contributed by atoms with Crippen LogP contribution in [0.1, 0.15) is 41.7 Å². The summed E-state index contributed by atoms with van der Waals surface area (Å²) in [5.74, 6) is -1.90. The van der Waals surface area contributed by atoms with Crippen molar-refractivity contribution in [2.75, 3.05) is 11.9 Å². The predicted molar refractivity (Wildman–Crippen MR) is 98.3 cm³/mol. The van der Waals surface area contributed by atoms with Crippen molar-refractivity contribution >= 4 is 17.5 Å². The van der Waals surface area contributed by atoms with Crippen molar-refractivity contribution in [3.05, 3.63) is 65.2 Å². The van der Waals surface area contributed by atoms with Gasteiger partial charge in [-0.2, -0.15) is 0 Å². The van der Waals surface area contributed by atoms with Gasteiger partial charge < -0.3 is 16.0 Å². The minimum absolute atomic E-state index is 0.0867. The summed E-state index contributed by atoms with van der Waals surface area (Å²) in [6, 6.07) is 9.83. The first-order valence-electron chi connectivity index (χ1n) is 8.82. The number of rotatable bonds is 7. The number of hydrogen-bond donors (Lipinski definition) is 3. The van der Waals surface area contributed by atoms with Gasteiger partial charge in [0.25, 0.3) is 5.91 Å². The Kier molecular flexibility index (Phi) is 5.81. The summed E-state index contributed by atoms with van der Waals surface area (Å²) >= 11 is 0. The fourth-order valence-corrected chi connectivity index (χ4v) is 2.68. The van der Waals surface area contributed by atoms with Crippen LogP contribution in [0.2, 0.25) is 0 Å². The van der Waals surface area contributed by atoms with Crippen molar-refractivity contribution in [2.45, 2.75) is 31.8 Å². The molecule has 7 heteroatoms. The molecule has 3 rings (SSSR count). The van der Waals surface area contributed by atoms with Gasteiger partial charge in [-0.1, -0.05) is 18.2 Å². The zero-order valence-electron chi connectivity index (χ0n) is 14.9. The van der Waals surface area contributed by atoms with Crippen LogP contribution in [0.5, 0.6) is 0 Å². The average molecular weight is 373 g/mol. The fourth-order valence-electron chi connectivity index (χ4n) is 2.68. The molecule has 0 heterocycles. The minimum atomic E-state index is -0.669. The van der Waals surface area contributed by atoms with E-state index in [-0.39, 0.29) is 30.0 Å². The molecule has 2 aromatic carbocycles. The molecule has 0 saturated heterocycles. The highest BCUT2D eigenvalue weighted by Crippen LogP contribution is 2.22. The molecule has 2 aromatic rings. The van der Waals surface area contributed by atoms with E-state index in [2.05, 4.69) is 16.0 Å². The summed E-state index contributed by atoms with van der Waals surface area (Å²) in [6.07, 6.45) is 1.95. The van der Waals surface area contributed by atoms with Gasteiger partial charge in [0, 0.05) is 23.7 Å². The summed E-state index contributed by atoms with van der Waals surface area (Å²) < 4.78 is 26.8. The van der Waals surface area contributed by atoms with Crippen LogP contribution in [0.4, 0.5) is 14.5 Å². The second-order valence-corrected chi connectivity index (χ2v) is 6.61. The molecule has 0 spiro atoms. The lowest BCUT2D eigenvalue weighted by Crippen LogP contribution is -2.32. The molecule has 142 valence electrons. The van der Waals surface area contributed by atoms with Crippen molar-refractivity contribution in [3.63, 3.8) is 0 Å². The minimum Gasteiger partial charge on any atom is -0.349 e. The second kappa shape index (κ2) is 8.26. The molecule has 0 radical (unpaired) electrons. The Balaban J connectivity index is 1.58. The highest BCUT2D eigenvalue weighted by molar-refractivity contribution is 6.04. The third-order valence-electron chi connectivity index (χ3n) is 4.36. The van der Waals surface area contributed by atoms with Crippen molar-refractivity contribution < 1.29 is 18.4 Å². The topological polar surface area (TPSA) is 70.2 Å². The van der Waals surface area contributed by atoms with E-state index in [0.29, 0.717) is 11.3 Å². The molecule has 3 N–H and O–H groups in total. The zero-order valence-corrected chi connectivity index (χ0v) is 14.9. The first-order valence-corrected chi connectivity index (χ1v) is 8.82. The Morgan fingerprint density at radius 3 is 2.59 bits per heavy atom. The number of para-hydroxylation sites is 1. The van der Waals surface area contributed by atoms with E-state index in [1.807, 2.05) is 0 Å². The smallest absolute Gasteiger partial charge is 0.253 e. The summed E-state index contributed by atoms with van der Waals surface area (Å²) in [5.41, 5.74) is 1.09. The van der Waals surface area contributed by atoms with Crippen molar-refractivity contribution in [1.29, 1.82) is 0 Å². The highest BCUT2D eigenvalue weighted by atomic mass is 19.1. The van der Waals surface area contributed by atoms with Gasteiger partial charge in [-0.15, -0.1) is 0 Å². The van der Waals surface area contributed by atoms with Crippen LogP contribution in [-0.4, -0.2) is 24.4 Å². The van der Waals surface area contributed by atoms with Gasteiger partial charge in [-0.05, 0) is 38.0 Å². The van der Waals surface area contributed by atoms with Gasteiger partial charge in [-0.25, -0.2) is 8.78 Å². The normalized spacial score (nSPS) is 14.5. The maximum absolute atomic E-state index is 13.8. The Morgan fingerprint density at radius 2 is 1.89 bits per heavy atom. The Bertz CT molecular complexity index is 853. The van der Waals surface area contributed by atoms with Gasteiger partial charge in [-0.3, -0.25) is 9.59 Å². The van der Waals surface area contributed by atoms with Crippen LogP contribution in [0, 0.1) is 11.6 Å². The quantitative estimate of drug-likeness (QED) is 0.698. The van der Waals surface area contributed by atoms with Gasteiger partial charge in [0.1, 0.15) is 11.6 Å².